The summed E-state index contributed by atoms with van der Waals surface area (Å²) in [5, 5.41) is 6.33. The van der Waals surface area contributed by atoms with Crippen molar-refractivity contribution in [3.63, 3.8) is 0 Å². The van der Waals surface area contributed by atoms with E-state index in [1.807, 2.05) is 7.05 Å². The zero-order chi connectivity index (χ0) is 13.3. The minimum absolute atomic E-state index is 0.290. The normalized spacial score (nSPS) is 18.6. The summed E-state index contributed by atoms with van der Waals surface area (Å²) in [5.41, 5.74) is -0.290. The number of methoxy groups -OCH3 is 1. The van der Waals surface area contributed by atoms with Crippen molar-refractivity contribution < 1.29 is 4.74 Å². The topological polar surface area (TPSA) is 47.0 Å². The van der Waals surface area contributed by atoms with E-state index in [0.29, 0.717) is 0 Å². The number of hydrogen-bond donors (Lipinski definition) is 1. The monoisotopic (exact) mass is 277 g/mol. The van der Waals surface area contributed by atoms with Gasteiger partial charge in [0.15, 0.2) is 5.82 Å². The molecule has 0 saturated heterocycles. The molecule has 0 bridgehead atoms. The molecule has 0 radical (unpaired) electrons. The second kappa shape index (κ2) is 5.06. The van der Waals surface area contributed by atoms with E-state index in [-0.39, 0.29) is 5.60 Å². The third-order valence-electron chi connectivity index (χ3n) is 4.02. The van der Waals surface area contributed by atoms with Crippen LogP contribution < -0.4 is 5.32 Å². The van der Waals surface area contributed by atoms with E-state index >= 15 is 0 Å². The van der Waals surface area contributed by atoms with Crippen LogP contribution in [-0.4, -0.2) is 24.1 Å². The molecule has 2 aromatic heterocycles. The lowest BCUT2D eigenvalue weighted by Crippen LogP contribution is -2.33. The van der Waals surface area contributed by atoms with Crippen molar-refractivity contribution in [3.8, 4) is 0 Å². The number of nitrogens with one attached hydrogen (secondary N) is 1. The molecule has 2 aromatic rings. The molecule has 1 fully saturated rings. The predicted molar refractivity (Wildman–Crippen MR) is 78.7 cm³/mol. The van der Waals surface area contributed by atoms with Crippen molar-refractivity contribution in [1.29, 1.82) is 0 Å². The van der Waals surface area contributed by atoms with Crippen LogP contribution in [0.5, 0.6) is 0 Å². The number of nitrogens with zero attached hydrogens (tertiary/aromatic N) is 2. The van der Waals surface area contributed by atoms with Crippen LogP contribution in [0.15, 0.2) is 11.4 Å². The summed E-state index contributed by atoms with van der Waals surface area (Å²) in [4.78, 5) is 10.5. The molecule has 0 amide bonds. The molecular weight excluding hydrogens is 258 g/mol. The third kappa shape index (κ3) is 2.11. The first-order valence-electron chi connectivity index (χ1n) is 6.78. The molecule has 5 heteroatoms. The standard InChI is InChI=1S/C14H19N3OS/c1-15-11-10-6-9-19-12(10)17-13(16-11)14(18-2)7-4-3-5-8-14/h6,9H,3-5,7-8H2,1-2H3,(H,15,16,17). The fourth-order valence-electron chi connectivity index (χ4n) is 2.89. The minimum atomic E-state index is -0.290. The van der Waals surface area contributed by atoms with Gasteiger partial charge in [-0.2, -0.15) is 0 Å². The van der Waals surface area contributed by atoms with E-state index < -0.39 is 0 Å². The average Bonchev–Trinajstić information content (AvgIpc) is 2.95. The van der Waals surface area contributed by atoms with Crippen molar-refractivity contribution in [2.45, 2.75) is 37.7 Å². The molecule has 3 rings (SSSR count). The molecule has 1 N–H and O–H groups in total. The van der Waals surface area contributed by atoms with Crippen LogP contribution in [0.3, 0.4) is 0 Å². The van der Waals surface area contributed by atoms with Gasteiger partial charge in [-0.1, -0.05) is 19.3 Å². The Kier molecular flexibility index (Phi) is 3.41. The highest BCUT2D eigenvalue weighted by atomic mass is 32.1. The van der Waals surface area contributed by atoms with E-state index in [2.05, 4.69) is 16.8 Å². The molecule has 0 spiro atoms. The molecule has 1 saturated carbocycles. The highest BCUT2D eigenvalue weighted by molar-refractivity contribution is 7.16. The van der Waals surface area contributed by atoms with Crippen LogP contribution in [0.2, 0.25) is 0 Å². The average molecular weight is 277 g/mol. The third-order valence-corrected chi connectivity index (χ3v) is 4.83. The SMILES string of the molecule is CNc1nc(C2(OC)CCCCC2)nc2sccc12. The lowest BCUT2D eigenvalue weighted by Gasteiger charge is -2.34. The maximum atomic E-state index is 5.84. The Hall–Kier alpha value is -1.20. The largest absolute Gasteiger partial charge is 0.372 e. The van der Waals surface area contributed by atoms with Gasteiger partial charge >= 0.3 is 0 Å². The van der Waals surface area contributed by atoms with Crippen molar-refractivity contribution in [2.24, 2.45) is 0 Å². The highest BCUT2D eigenvalue weighted by Crippen LogP contribution is 2.40. The van der Waals surface area contributed by atoms with Gasteiger partial charge in [-0.15, -0.1) is 11.3 Å². The molecule has 102 valence electrons. The number of fused-ring (bicyclic) bond motifs is 1. The van der Waals surface area contributed by atoms with Gasteiger partial charge in [0.1, 0.15) is 16.2 Å². The van der Waals surface area contributed by atoms with Gasteiger partial charge in [-0.3, -0.25) is 0 Å². The fraction of sp³-hybridized carbons (Fsp3) is 0.571. The fourth-order valence-corrected chi connectivity index (χ4v) is 3.66. The number of anilines is 1. The predicted octanol–water partition coefficient (Wildman–Crippen LogP) is 3.54. The Morgan fingerprint density at radius 2 is 2.05 bits per heavy atom. The van der Waals surface area contributed by atoms with E-state index in [0.717, 1.165) is 34.7 Å². The van der Waals surface area contributed by atoms with Crippen molar-refractivity contribution >= 4 is 27.4 Å². The Balaban J connectivity index is 2.12. The Labute approximate surface area is 117 Å². The van der Waals surface area contributed by atoms with Crippen LogP contribution in [0.1, 0.15) is 37.9 Å². The molecular formula is C14H19N3OS. The van der Waals surface area contributed by atoms with Crippen LogP contribution in [0.25, 0.3) is 10.2 Å². The summed E-state index contributed by atoms with van der Waals surface area (Å²) in [5.74, 6) is 1.75. The van der Waals surface area contributed by atoms with Crippen LogP contribution in [-0.2, 0) is 10.3 Å². The second-order valence-electron chi connectivity index (χ2n) is 5.04. The molecule has 1 aliphatic carbocycles. The lowest BCUT2D eigenvalue weighted by molar-refractivity contribution is -0.0511. The van der Waals surface area contributed by atoms with Crippen LogP contribution in [0.4, 0.5) is 5.82 Å². The van der Waals surface area contributed by atoms with E-state index in [4.69, 9.17) is 14.7 Å². The van der Waals surface area contributed by atoms with Crippen molar-refractivity contribution in [3.05, 3.63) is 17.3 Å². The second-order valence-corrected chi connectivity index (χ2v) is 5.94. The number of rotatable bonds is 3. The highest BCUT2D eigenvalue weighted by Gasteiger charge is 2.37. The van der Waals surface area contributed by atoms with Gasteiger partial charge in [0.2, 0.25) is 0 Å². The summed E-state index contributed by atoms with van der Waals surface area (Å²) in [7, 11) is 3.69. The number of ether oxygens (including phenoxy) is 1. The molecule has 19 heavy (non-hydrogen) atoms. The first kappa shape index (κ1) is 12.8. The van der Waals surface area contributed by atoms with Gasteiger partial charge in [-0.05, 0) is 24.3 Å². The molecule has 0 aromatic carbocycles. The molecule has 4 nitrogen and oxygen atoms in total. The maximum Gasteiger partial charge on any atom is 0.164 e. The summed E-state index contributed by atoms with van der Waals surface area (Å²) in [6.07, 6.45) is 5.70. The first-order valence-corrected chi connectivity index (χ1v) is 7.66. The summed E-state index contributed by atoms with van der Waals surface area (Å²) in [6, 6.07) is 2.07. The van der Waals surface area contributed by atoms with E-state index in [1.165, 1.54) is 19.3 Å². The summed E-state index contributed by atoms with van der Waals surface area (Å²) >= 11 is 1.66. The van der Waals surface area contributed by atoms with Gasteiger partial charge in [0.05, 0.1) is 5.39 Å². The quantitative estimate of drug-likeness (QED) is 0.932. The summed E-state index contributed by atoms with van der Waals surface area (Å²) in [6.45, 7) is 0. The Morgan fingerprint density at radius 3 is 2.74 bits per heavy atom. The van der Waals surface area contributed by atoms with Gasteiger partial charge in [-0.25, -0.2) is 9.97 Å². The molecule has 0 unspecified atom stereocenters. The summed E-state index contributed by atoms with van der Waals surface area (Å²) < 4.78 is 5.84. The van der Waals surface area contributed by atoms with Gasteiger partial charge < -0.3 is 10.1 Å². The van der Waals surface area contributed by atoms with Crippen LogP contribution in [0, 0.1) is 0 Å². The van der Waals surface area contributed by atoms with E-state index in [9.17, 15) is 0 Å². The van der Waals surface area contributed by atoms with Gasteiger partial charge in [0.25, 0.3) is 0 Å². The minimum Gasteiger partial charge on any atom is -0.372 e. The van der Waals surface area contributed by atoms with Crippen LogP contribution >= 0.6 is 11.3 Å². The molecule has 0 aliphatic heterocycles. The zero-order valence-corrected chi connectivity index (χ0v) is 12.2. The number of thiophene rings is 1. The molecule has 1 aliphatic rings. The van der Waals surface area contributed by atoms with E-state index in [1.54, 1.807) is 18.4 Å². The maximum absolute atomic E-state index is 5.84. The van der Waals surface area contributed by atoms with Crippen molar-refractivity contribution in [1.82, 2.24) is 9.97 Å². The number of hydrogen-bond acceptors (Lipinski definition) is 5. The lowest BCUT2D eigenvalue weighted by atomic mass is 9.84. The smallest absolute Gasteiger partial charge is 0.164 e. The molecule has 0 atom stereocenters. The Morgan fingerprint density at radius 1 is 1.26 bits per heavy atom. The number of aromatic nitrogens is 2. The van der Waals surface area contributed by atoms with Crippen molar-refractivity contribution in [2.75, 3.05) is 19.5 Å². The zero-order valence-electron chi connectivity index (χ0n) is 11.4. The Bertz CT molecular complexity index is 575. The van der Waals surface area contributed by atoms with Gasteiger partial charge in [0, 0.05) is 14.2 Å². The first-order chi connectivity index (χ1) is 9.29. The molecule has 2 heterocycles.